The van der Waals surface area contributed by atoms with Crippen LogP contribution in [-0.4, -0.2) is 53.2 Å². The summed E-state index contributed by atoms with van der Waals surface area (Å²) >= 11 is 0. The average Bonchev–Trinajstić information content (AvgIpc) is 2.74. The Morgan fingerprint density at radius 2 is 1.81 bits per heavy atom. The number of piperazine rings is 1. The molecule has 1 atom stereocenters. The van der Waals surface area contributed by atoms with Gasteiger partial charge in [-0.1, -0.05) is 0 Å². The van der Waals surface area contributed by atoms with Crippen molar-refractivity contribution in [2.24, 2.45) is 0 Å². The first-order valence-corrected chi connectivity index (χ1v) is 6.13. The molecule has 1 aromatic heterocycles. The van der Waals surface area contributed by atoms with Crippen molar-refractivity contribution in [3.8, 4) is 0 Å². The summed E-state index contributed by atoms with van der Waals surface area (Å²) in [5, 5.41) is 8.34. The van der Waals surface area contributed by atoms with Crippen molar-refractivity contribution in [1.82, 2.24) is 20.5 Å². The molecular weight excluding hydrogens is 304 g/mol. The zero-order valence-electron chi connectivity index (χ0n) is 10.9. The first-order chi connectivity index (χ1) is 9.59. The highest BCUT2D eigenvalue weighted by atomic mass is 19.4. The molecule has 0 bridgehead atoms. The molecule has 2 heterocycles. The van der Waals surface area contributed by atoms with Crippen LogP contribution in [0.3, 0.4) is 0 Å². The number of rotatable bonds is 2. The topological polar surface area (TPSA) is 56.8 Å². The van der Waals surface area contributed by atoms with Gasteiger partial charge in [-0.15, -0.1) is 5.10 Å². The van der Waals surface area contributed by atoms with E-state index in [-0.39, 0.29) is 12.0 Å². The molecular formula is C10H13F6N5. The zero-order chi connectivity index (χ0) is 15.8. The third-order valence-corrected chi connectivity index (χ3v) is 3.07. The van der Waals surface area contributed by atoms with Crippen LogP contribution in [0, 0.1) is 0 Å². The molecule has 0 aromatic carbocycles. The van der Waals surface area contributed by atoms with Gasteiger partial charge in [0, 0.05) is 25.7 Å². The van der Waals surface area contributed by atoms with Gasteiger partial charge in [-0.3, -0.25) is 5.10 Å². The highest BCUT2D eigenvalue weighted by molar-refractivity contribution is 5.31. The van der Waals surface area contributed by atoms with E-state index >= 15 is 0 Å². The van der Waals surface area contributed by atoms with Crippen molar-refractivity contribution in [2.45, 2.75) is 31.2 Å². The van der Waals surface area contributed by atoms with Gasteiger partial charge in [0.1, 0.15) is 5.82 Å². The second kappa shape index (κ2) is 5.35. The number of aromatic nitrogens is 3. The van der Waals surface area contributed by atoms with Crippen molar-refractivity contribution in [3.05, 3.63) is 5.82 Å². The Morgan fingerprint density at radius 3 is 2.33 bits per heavy atom. The van der Waals surface area contributed by atoms with Gasteiger partial charge >= 0.3 is 12.4 Å². The summed E-state index contributed by atoms with van der Waals surface area (Å²) in [5.41, 5.74) is 0. The SMILES string of the molecule is C[C@@H]1CN(c2n[nH]c(C(C(F)(F)F)C(F)(F)F)n2)CCN1. The maximum atomic E-state index is 12.6. The van der Waals surface area contributed by atoms with Crippen LogP contribution in [0.5, 0.6) is 0 Å². The zero-order valence-corrected chi connectivity index (χ0v) is 10.9. The Morgan fingerprint density at radius 1 is 1.19 bits per heavy atom. The molecule has 1 saturated heterocycles. The van der Waals surface area contributed by atoms with Gasteiger partial charge in [-0.25, -0.2) is 0 Å². The van der Waals surface area contributed by atoms with E-state index < -0.39 is 24.1 Å². The second-order valence-electron chi connectivity index (χ2n) is 4.84. The molecule has 0 spiro atoms. The Kier molecular flexibility index (Phi) is 4.04. The third kappa shape index (κ3) is 3.57. The fourth-order valence-corrected chi connectivity index (χ4v) is 2.15. The lowest BCUT2D eigenvalue weighted by Gasteiger charge is -2.30. The molecule has 5 nitrogen and oxygen atoms in total. The van der Waals surface area contributed by atoms with E-state index in [1.165, 1.54) is 4.90 Å². The number of halogens is 6. The molecule has 1 aliphatic heterocycles. The molecule has 0 saturated carbocycles. The fourth-order valence-electron chi connectivity index (χ4n) is 2.15. The van der Waals surface area contributed by atoms with Crippen LogP contribution in [0.4, 0.5) is 32.3 Å². The minimum atomic E-state index is -5.48. The molecule has 2 rings (SSSR count). The molecule has 2 N–H and O–H groups in total. The maximum absolute atomic E-state index is 12.6. The number of aromatic amines is 1. The van der Waals surface area contributed by atoms with Crippen molar-refractivity contribution >= 4 is 5.95 Å². The van der Waals surface area contributed by atoms with Crippen molar-refractivity contribution < 1.29 is 26.3 Å². The lowest BCUT2D eigenvalue weighted by atomic mass is 10.1. The van der Waals surface area contributed by atoms with Gasteiger partial charge in [-0.2, -0.15) is 31.3 Å². The van der Waals surface area contributed by atoms with Gasteiger partial charge in [0.25, 0.3) is 0 Å². The molecule has 1 fully saturated rings. The highest BCUT2D eigenvalue weighted by Gasteiger charge is 2.59. The van der Waals surface area contributed by atoms with Crippen LogP contribution in [0.1, 0.15) is 18.7 Å². The molecule has 0 aliphatic carbocycles. The van der Waals surface area contributed by atoms with Crippen molar-refractivity contribution in [2.75, 3.05) is 24.5 Å². The lowest BCUT2D eigenvalue weighted by Crippen LogP contribution is -2.49. The molecule has 0 unspecified atom stereocenters. The van der Waals surface area contributed by atoms with Crippen molar-refractivity contribution in [1.29, 1.82) is 0 Å². The van der Waals surface area contributed by atoms with Crippen molar-refractivity contribution in [3.63, 3.8) is 0 Å². The smallest absolute Gasteiger partial charge is 0.337 e. The summed E-state index contributed by atoms with van der Waals surface area (Å²) in [4.78, 5) is 4.93. The lowest BCUT2D eigenvalue weighted by molar-refractivity contribution is -0.255. The molecule has 11 heteroatoms. The summed E-state index contributed by atoms with van der Waals surface area (Å²) in [6.07, 6.45) is -11.0. The van der Waals surface area contributed by atoms with Crippen LogP contribution >= 0.6 is 0 Å². The Bertz CT molecular complexity index is 467. The van der Waals surface area contributed by atoms with Gasteiger partial charge in [0.15, 0.2) is 0 Å². The van der Waals surface area contributed by atoms with Crippen LogP contribution in [-0.2, 0) is 0 Å². The first kappa shape index (κ1) is 15.9. The largest absolute Gasteiger partial charge is 0.407 e. The van der Waals surface area contributed by atoms with Crippen LogP contribution in [0.15, 0.2) is 0 Å². The Hall–Kier alpha value is -1.52. The van der Waals surface area contributed by atoms with E-state index in [1.807, 2.05) is 6.92 Å². The van der Waals surface area contributed by atoms with E-state index in [2.05, 4.69) is 15.4 Å². The monoisotopic (exact) mass is 317 g/mol. The summed E-state index contributed by atoms with van der Waals surface area (Å²) in [6.45, 7) is 3.20. The maximum Gasteiger partial charge on any atom is 0.407 e. The number of H-pyrrole nitrogens is 1. The number of anilines is 1. The molecule has 1 aliphatic rings. The standard InChI is InChI=1S/C10H13F6N5/c1-5-4-21(3-2-17-5)8-18-7(19-20-8)6(9(11,12)13)10(14,15)16/h5-6,17H,2-4H2,1H3,(H,18,19,20)/t5-/m1/s1. The first-order valence-electron chi connectivity index (χ1n) is 6.13. The van der Waals surface area contributed by atoms with Gasteiger partial charge in [0.05, 0.1) is 0 Å². The Balaban J connectivity index is 2.25. The third-order valence-electron chi connectivity index (χ3n) is 3.07. The fraction of sp³-hybridized carbons (Fsp3) is 0.800. The predicted octanol–water partition coefficient (Wildman–Crippen LogP) is 1.81. The number of hydrogen-bond donors (Lipinski definition) is 2. The number of nitrogens with one attached hydrogen (secondary N) is 2. The molecule has 0 amide bonds. The van der Waals surface area contributed by atoms with Crippen LogP contribution in [0.2, 0.25) is 0 Å². The van der Waals surface area contributed by atoms with Crippen LogP contribution in [0.25, 0.3) is 0 Å². The van der Waals surface area contributed by atoms with E-state index in [0.717, 1.165) is 0 Å². The molecule has 120 valence electrons. The minimum Gasteiger partial charge on any atom is -0.337 e. The average molecular weight is 317 g/mol. The number of alkyl halides is 6. The van der Waals surface area contributed by atoms with Gasteiger partial charge < -0.3 is 10.2 Å². The molecule has 0 radical (unpaired) electrons. The van der Waals surface area contributed by atoms with E-state index in [9.17, 15) is 26.3 Å². The predicted molar refractivity (Wildman–Crippen MR) is 60.9 cm³/mol. The number of hydrogen-bond acceptors (Lipinski definition) is 4. The summed E-state index contributed by atoms with van der Waals surface area (Å²) in [6, 6.07) is 0.0433. The normalized spacial score (nSPS) is 21.1. The molecule has 21 heavy (non-hydrogen) atoms. The Labute approximate surface area is 115 Å². The minimum absolute atomic E-state index is 0.0433. The summed E-state index contributed by atoms with van der Waals surface area (Å²) in [5.74, 6) is -5.06. The van der Waals surface area contributed by atoms with E-state index in [0.29, 0.717) is 19.6 Å². The molecule has 1 aromatic rings. The van der Waals surface area contributed by atoms with Gasteiger partial charge in [0.2, 0.25) is 11.9 Å². The van der Waals surface area contributed by atoms with Crippen LogP contribution < -0.4 is 10.2 Å². The quantitative estimate of drug-likeness (QED) is 0.817. The van der Waals surface area contributed by atoms with E-state index in [1.54, 1.807) is 5.10 Å². The second-order valence-corrected chi connectivity index (χ2v) is 4.84. The number of nitrogens with zero attached hydrogens (tertiary/aromatic N) is 3. The summed E-state index contributed by atoms with van der Waals surface area (Å²) in [7, 11) is 0. The summed E-state index contributed by atoms with van der Waals surface area (Å²) < 4.78 is 75.5. The van der Waals surface area contributed by atoms with Gasteiger partial charge in [-0.05, 0) is 6.92 Å². The highest BCUT2D eigenvalue weighted by Crippen LogP contribution is 2.45. The van der Waals surface area contributed by atoms with E-state index in [4.69, 9.17) is 0 Å².